The van der Waals surface area contributed by atoms with Crippen LogP contribution in [0.5, 0.6) is 0 Å². The van der Waals surface area contributed by atoms with Crippen LogP contribution in [-0.4, -0.2) is 76.8 Å². The molecule has 1 N–H and O–H groups in total. The summed E-state index contributed by atoms with van der Waals surface area (Å²) < 4.78 is 0. The van der Waals surface area contributed by atoms with Gasteiger partial charge in [-0.25, -0.2) is 9.97 Å². The third-order valence-electron chi connectivity index (χ3n) is 6.50. The number of nitrogens with one attached hydrogen (secondary N) is 1. The molecular weight excluding hydrogens is 408 g/mol. The van der Waals surface area contributed by atoms with Crippen molar-refractivity contribution in [2.75, 3.05) is 44.2 Å². The number of piperidine rings is 1. The van der Waals surface area contributed by atoms with Gasteiger partial charge in [0.25, 0.3) is 0 Å². The number of anilines is 1. The maximum Gasteiger partial charge on any atom is 0.237 e. The molecule has 1 aromatic heterocycles. The van der Waals surface area contributed by atoms with E-state index >= 15 is 0 Å². The number of fused-ring (bicyclic) bond motifs is 1. The lowest BCUT2D eigenvalue weighted by atomic mass is 9.99. The Kier molecular flexibility index (Phi) is 6.74. The van der Waals surface area contributed by atoms with Gasteiger partial charge in [-0.1, -0.05) is 13.8 Å². The van der Waals surface area contributed by atoms with Crippen LogP contribution in [0.1, 0.15) is 62.7 Å². The van der Waals surface area contributed by atoms with Crippen LogP contribution in [0, 0.1) is 12.8 Å². The molecule has 3 aliphatic heterocycles. The Balaban J connectivity index is 1.60. The van der Waals surface area contributed by atoms with Crippen LogP contribution in [0.15, 0.2) is 0 Å². The highest BCUT2D eigenvalue weighted by Crippen LogP contribution is 2.34. The lowest BCUT2D eigenvalue weighted by Crippen LogP contribution is -2.52. The molecule has 1 aromatic rings. The van der Waals surface area contributed by atoms with E-state index in [1.165, 1.54) is 0 Å². The third kappa shape index (κ3) is 4.77. The predicted molar refractivity (Wildman–Crippen MR) is 120 cm³/mol. The van der Waals surface area contributed by atoms with Gasteiger partial charge in [-0.15, -0.1) is 0 Å². The van der Waals surface area contributed by atoms with Crippen molar-refractivity contribution in [3.63, 3.8) is 0 Å². The predicted octanol–water partition coefficient (Wildman–Crippen LogP) is 1.21. The molecule has 0 saturated carbocycles. The van der Waals surface area contributed by atoms with Crippen LogP contribution in [0.2, 0.25) is 0 Å². The highest BCUT2D eigenvalue weighted by molar-refractivity contribution is 5.95. The van der Waals surface area contributed by atoms with Gasteiger partial charge in [0.1, 0.15) is 5.82 Å². The number of carbonyl (C=O) groups is 3. The Morgan fingerprint density at radius 1 is 1.16 bits per heavy atom. The van der Waals surface area contributed by atoms with E-state index in [0.717, 1.165) is 36.3 Å². The molecule has 3 amide bonds. The van der Waals surface area contributed by atoms with Crippen molar-refractivity contribution in [3.05, 3.63) is 17.1 Å². The molecule has 0 bridgehead atoms. The Labute approximate surface area is 189 Å². The van der Waals surface area contributed by atoms with E-state index in [1.807, 2.05) is 21.6 Å². The largest absolute Gasteiger partial charge is 0.354 e. The van der Waals surface area contributed by atoms with Crippen LogP contribution in [0.4, 0.5) is 5.82 Å². The van der Waals surface area contributed by atoms with Crippen molar-refractivity contribution in [1.82, 2.24) is 25.1 Å². The number of piperazine rings is 1. The third-order valence-corrected chi connectivity index (χ3v) is 6.50. The van der Waals surface area contributed by atoms with E-state index in [-0.39, 0.29) is 36.9 Å². The molecule has 32 heavy (non-hydrogen) atoms. The summed E-state index contributed by atoms with van der Waals surface area (Å²) in [6.07, 6.45) is 3.92. The maximum absolute atomic E-state index is 13.2. The zero-order chi connectivity index (χ0) is 22.8. The second-order valence-electron chi connectivity index (χ2n) is 9.53. The SMILES string of the molecule is Cc1nc(C2CCCCN2C(=O)CN2CCNC(=O)C2)nc2c1CCC(=O)N2CC(C)C. The second kappa shape index (κ2) is 9.52. The lowest BCUT2D eigenvalue weighted by Gasteiger charge is -2.38. The van der Waals surface area contributed by atoms with E-state index in [0.29, 0.717) is 50.8 Å². The molecule has 0 spiro atoms. The zero-order valence-corrected chi connectivity index (χ0v) is 19.4. The lowest BCUT2D eigenvalue weighted by molar-refractivity contribution is -0.137. The van der Waals surface area contributed by atoms with Crippen molar-refractivity contribution in [3.8, 4) is 0 Å². The molecular formula is C23H34N6O3. The molecule has 174 valence electrons. The summed E-state index contributed by atoms with van der Waals surface area (Å²) in [5.41, 5.74) is 1.94. The molecule has 0 aliphatic carbocycles. The first kappa shape index (κ1) is 22.6. The molecule has 2 saturated heterocycles. The van der Waals surface area contributed by atoms with E-state index < -0.39 is 0 Å². The van der Waals surface area contributed by atoms with Crippen LogP contribution in [0.3, 0.4) is 0 Å². The van der Waals surface area contributed by atoms with Crippen molar-refractivity contribution in [2.24, 2.45) is 5.92 Å². The first-order chi connectivity index (χ1) is 15.3. The Morgan fingerprint density at radius 2 is 1.97 bits per heavy atom. The Morgan fingerprint density at radius 3 is 2.72 bits per heavy atom. The van der Waals surface area contributed by atoms with Gasteiger partial charge in [-0.05, 0) is 38.5 Å². The number of nitrogens with zero attached hydrogens (tertiary/aromatic N) is 5. The smallest absolute Gasteiger partial charge is 0.237 e. The summed E-state index contributed by atoms with van der Waals surface area (Å²) >= 11 is 0. The fourth-order valence-electron chi connectivity index (χ4n) is 4.91. The molecule has 4 heterocycles. The van der Waals surface area contributed by atoms with E-state index in [9.17, 15) is 14.4 Å². The van der Waals surface area contributed by atoms with E-state index in [4.69, 9.17) is 9.97 Å². The quantitative estimate of drug-likeness (QED) is 0.736. The minimum Gasteiger partial charge on any atom is -0.354 e. The number of hydrogen-bond donors (Lipinski definition) is 1. The fraction of sp³-hybridized carbons (Fsp3) is 0.696. The molecule has 2 fully saturated rings. The molecule has 9 nitrogen and oxygen atoms in total. The number of aromatic nitrogens is 2. The molecule has 0 radical (unpaired) electrons. The molecule has 1 atom stereocenters. The van der Waals surface area contributed by atoms with Gasteiger partial charge < -0.3 is 10.2 Å². The highest BCUT2D eigenvalue weighted by Gasteiger charge is 2.34. The first-order valence-corrected chi connectivity index (χ1v) is 11.8. The monoisotopic (exact) mass is 442 g/mol. The summed E-state index contributed by atoms with van der Waals surface area (Å²) in [4.78, 5) is 52.9. The van der Waals surface area contributed by atoms with Crippen molar-refractivity contribution in [1.29, 1.82) is 0 Å². The minimum atomic E-state index is -0.197. The average molecular weight is 443 g/mol. The van der Waals surface area contributed by atoms with Gasteiger partial charge in [0.2, 0.25) is 17.7 Å². The summed E-state index contributed by atoms with van der Waals surface area (Å²) in [6.45, 7) is 9.20. The molecule has 4 rings (SSSR count). The van der Waals surface area contributed by atoms with Gasteiger partial charge in [-0.3, -0.25) is 24.2 Å². The fourth-order valence-corrected chi connectivity index (χ4v) is 4.91. The molecule has 3 aliphatic rings. The normalized spacial score (nSPS) is 22.2. The number of carbonyl (C=O) groups excluding carboxylic acids is 3. The standard InChI is InChI=1S/C23H34N6O3/c1-15(2)12-29-20(31)8-7-17-16(3)25-22(26-23(17)29)18-6-4-5-10-28(18)21(32)14-27-11-9-24-19(30)13-27/h15,18H,4-14H2,1-3H3,(H,24,30). The number of hydrogen-bond acceptors (Lipinski definition) is 6. The van der Waals surface area contributed by atoms with Gasteiger partial charge in [-0.2, -0.15) is 0 Å². The van der Waals surface area contributed by atoms with Gasteiger partial charge in [0.15, 0.2) is 5.82 Å². The maximum atomic E-state index is 13.2. The van der Waals surface area contributed by atoms with Gasteiger partial charge >= 0.3 is 0 Å². The van der Waals surface area contributed by atoms with E-state index in [2.05, 4.69) is 19.2 Å². The van der Waals surface area contributed by atoms with Crippen LogP contribution < -0.4 is 10.2 Å². The topological polar surface area (TPSA) is 98.7 Å². The van der Waals surface area contributed by atoms with Crippen molar-refractivity contribution >= 4 is 23.5 Å². The van der Waals surface area contributed by atoms with Crippen LogP contribution >= 0.6 is 0 Å². The summed E-state index contributed by atoms with van der Waals surface area (Å²) in [5.74, 6) is 1.77. The molecule has 1 unspecified atom stereocenters. The van der Waals surface area contributed by atoms with Crippen molar-refractivity contribution < 1.29 is 14.4 Å². The first-order valence-electron chi connectivity index (χ1n) is 11.8. The number of amides is 3. The summed E-state index contributed by atoms with van der Waals surface area (Å²) in [6, 6.07) is -0.197. The van der Waals surface area contributed by atoms with E-state index in [1.54, 1.807) is 0 Å². The van der Waals surface area contributed by atoms with Gasteiger partial charge in [0, 0.05) is 43.9 Å². The zero-order valence-electron chi connectivity index (χ0n) is 19.4. The van der Waals surface area contributed by atoms with Crippen LogP contribution in [-0.2, 0) is 20.8 Å². The number of likely N-dealkylation sites (tertiary alicyclic amines) is 1. The summed E-state index contributed by atoms with van der Waals surface area (Å²) in [5, 5.41) is 2.80. The average Bonchev–Trinajstić information content (AvgIpc) is 2.75. The van der Waals surface area contributed by atoms with Gasteiger partial charge in [0.05, 0.1) is 19.1 Å². The molecule has 0 aromatic carbocycles. The number of rotatable bonds is 5. The Hall–Kier alpha value is -2.55. The second-order valence-corrected chi connectivity index (χ2v) is 9.53. The molecule has 9 heteroatoms. The van der Waals surface area contributed by atoms with Crippen molar-refractivity contribution in [2.45, 2.75) is 58.9 Å². The minimum absolute atomic E-state index is 0.0125. The highest BCUT2D eigenvalue weighted by atomic mass is 16.2. The number of aryl methyl sites for hydroxylation is 1. The Bertz CT molecular complexity index is 902. The van der Waals surface area contributed by atoms with Crippen LogP contribution in [0.25, 0.3) is 0 Å². The summed E-state index contributed by atoms with van der Waals surface area (Å²) in [7, 11) is 0.